The molecule has 5 nitrogen and oxygen atoms in total. The summed E-state index contributed by atoms with van der Waals surface area (Å²) in [4.78, 5) is 4.95. The van der Waals surface area contributed by atoms with Crippen molar-refractivity contribution in [3.63, 3.8) is 0 Å². The average molecular weight is 698 g/mol. The van der Waals surface area contributed by atoms with Crippen LogP contribution in [-0.2, 0) is 16.2 Å². The van der Waals surface area contributed by atoms with Gasteiger partial charge in [0.2, 0.25) is 0 Å². The van der Waals surface area contributed by atoms with E-state index in [1.165, 1.54) is 27.5 Å². The topological polar surface area (TPSA) is 36.9 Å². The largest absolute Gasteiger partial charge is 0.456 e. The highest BCUT2D eigenvalue weighted by molar-refractivity contribution is 6.09. The second-order valence-corrected chi connectivity index (χ2v) is 17.4. The van der Waals surface area contributed by atoms with Crippen molar-refractivity contribution in [3.8, 4) is 28.7 Å². The molecule has 3 aromatic heterocycles. The maximum absolute atomic E-state index is 6.88. The van der Waals surface area contributed by atoms with Gasteiger partial charge >= 0.3 is 0 Å². The third kappa shape index (κ3) is 6.39. The molecule has 5 heteroatoms. The van der Waals surface area contributed by atoms with E-state index in [2.05, 4.69) is 204 Å². The molecule has 0 radical (unpaired) electrons. The summed E-state index contributed by atoms with van der Waals surface area (Å²) in [6, 6.07) is 43.4. The molecule has 0 amide bonds. The number of rotatable bonds is 5. The van der Waals surface area contributed by atoms with Gasteiger partial charge in [-0.05, 0) is 81.5 Å². The molecule has 0 aliphatic heterocycles. The number of hydrogen-bond acceptors (Lipinski definition) is 2. The fourth-order valence-electron chi connectivity index (χ4n) is 7.24. The van der Waals surface area contributed by atoms with Crippen LogP contribution in [0, 0.1) is 0 Å². The van der Waals surface area contributed by atoms with Crippen molar-refractivity contribution in [1.82, 2.24) is 18.7 Å². The van der Waals surface area contributed by atoms with Crippen LogP contribution in [0.3, 0.4) is 0 Å². The van der Waals surface area contributed by atoms with Crippen molar-refractivity contribution >= 4 is 32.8 Å². The first-order valence-corrected chi connectivity index (χ1v) is 18.6. The smallest absolute Gasteiger partial charge is 0.168 e. The molecule has 8 aromatic rings. The monoisotopic (exact) mass is 697 g/mol. The fourth-order valence-corrected chi connectivity index (χ4v) is 7.24. The molecule has 266 valence electrons. The third-order valence-electron chi connectivity index (χ3n) is 10.4. The molecule has 0 saturated heterocycles. The Morgan fingerprint density at radius 3 is 1.72 bits per heavy atom. The van der Waals surface area contributed by atoms with E-state index in [0.29, 0.717) is 0 Å². The predicted molar refractivity (Wildman–Crippen MR) is 222 cm³/mol. The Bertz CT molecular complexity index is 2640. The minimum absolute atomic E-state index is 0.00558. The SMILES string of the molecule is CC(C)(C)c1cc(Oc2ccc3c4ccc(C(C)(C)C)cc4n(-c4cc(C(C)(C)C)ccn4)c3c2)cc(-n2[cH+]n(-c3ccccc3)c3ccccc32)c1. The normalized spacial score (nSPS) is 12.6. The molecule has 0 bridgehead atoms. The van der Waals surface area contributed by atoms with Gasteiger partial charge in [0, 0.05) is 47.3 Å². The molecule has 0 N–H and O–H groups in total. The zero-order chi connectivity index (χ0) is 37.3. The molecule has 0 fully saturated rings. The van der Waals surface area contributed by atoms with Crippen molar-refractivity contribution < 1.29 is 4.74 Å². The maximum atomic E-state index is 6.88. The molecule has 0 unspecified atom stereocenters. The van der Waals surface area contributed by atoms with Crippen molar-refractivity contribution in [2.24, 2.45) is 0 Å². The van der Waals surface area contributed by atoms with Crippen LogP contribution in [0.25, 0.3) is 50.0 Å². The summed E-state index contributed by atoms with van der Waals surface area (Å²) in [5.74, 6) is 2.48. The average Bonchev–Trinajstić information content (AvgIpc) is 3.67. The number of ether oxygens (including phenoxy) is 1. The van der Waals surface area contributed by atoms with Gasteiger partial charge in [-0.2, -0.15) is 9.13 Å². The summed E-state index contributed by atoms with van der Waals surface area (Å²) < 4.78 is 13.7. The molecule has 3 heterocycles. The van der Waals surface area contributed by atoms with Crippen LogP contribution in [0.2, 0.25) is 0 Å². The van der Waals surface area contributed by atoms with Crippen molar-refractivity contribution in [2.45, 2.75) is 78.6 Å². The third-order valence-corrected chi connectivity index (χ3v) is 10.4. The van der Waals surface area contributed by atoms with Gasteiger partial charge in [-0.3, -0.25) is 4.57 Å². The van der Waals surface area contributed by atoms with Gasteiger partial charge in [0.05, 0.1) is 11.0 Å². The van der Waals surface area contributed by atoms with Crippen molar-refractivity contribution in [1.29, 1.82) is 0 Å². The van der Waals surface area contributed by atoms with Gasteiger partial charge in [-0.25, -0.2) is 4.98 Å². The zero-order valence-corrected chi connectivity index (χ0v) is 32.4. The van der Waals surface area contributed by atoms with E-state index >= 15 is 0 Å². The lowest BCUT2D eigenvalue weighted by molar-refractivity contribution is 0.479. The van der Waals surface area contributed by atoms with Crippen LogP contribution in [0.5, 0.6) is 11.5 Å². The predicted octanol–water partition coefficient (Wildman–Crippen LogP) is 12.9. The van der Waals surface area contributed by atoms with E-state index in [1.54, 1.807) is 0 Å². The quantitative estimate of drug-likeness (QED) is 0.168. The number of pyridine rings is 1. The van der Waals surface area contributed by atoms with Crippen LogP contribution < -0.4 is 4.74 Å². The Morgan fingerprint density at radius 1 is 0.472 bits per heavy atom. The Labute approximate surface area is 313 Å². The maximum Gasteiger partial charge on any atom is 0.168 e. The lowest BCUT2D eigenvalue weighted by atomic mass is 9.86. The zero-order valence-electron chi connectivity index (χ0n) is 32.4. The van der Waals surface area contributed by atoms with E-state index in [-0.39, 0.29) is 16.2 Å². The first-order valence-electron chi connectivity index (χ1n) is 18.6. The van der Waals surface area contributed by atoms with E-state index in [9.17, 15) is 0 Å². The Hall–Kier alpha value is -5.68. The highest BCUT2D eigenvalue weighted by Crippen LogP contribution is 2.39. The lowest BCUT2D eigenvalue weighted by Gasteiger charge is -2.21. The minimum Gasteiger partial charge on any atom is -0.456 e. The number of aromatic nitrogens is 4. The first-order chi connectivity index (χ1) is 25.1. The second kappa shape index (κ2) is 12.5. The summed E-state index contributed by atoms with van der Waals surface area (Å²) in [5, 5.41) is 2.37. The Morgan fingerprint density at radius 2 is 1.06 bits per heavy atom. The number of para-hydroxylation sites is 3. The molecule has 8 rings (SSSR count). The fraction of sp³-hybridized carbons (Fsp3) is 0.250. The molecule has 53 heavy (non-hydrogen) atoms. The molecule has 0 aliphatic rings. The number of fused-ring (bicyclic) bond motifs is 4. The summed E-state index contributed by atoms with van der Waals surface area (Å²) in [6.45, 7) is 20.3. The van der Waals surface area contributed by atoms with Gasteiger partial charge in [0.25, 0.3) is 0 Å². The van der Waals surface area contributed by atoms with E-state index < -0.39 is 0 Å². The highest BCUT2D eigenvalue weighted by atomic mass is 16.5. The molecule has 5 aromatic carbocycles. The molecule has 0 spiro atoms. The van der Waals surface area contributed by atoms with E-state index in [0.717, 1.165) is 50.8 Å². The molecule has 0 saturated carbocycles. The van der Waals surface area contributed by atoms with Crippen molar-refractivity contribution in [2.75, 3.05) is 0 Å². The molecule has 0 atom stereocenters. The lowest BCUT2D eigenvalue weighted by Crippen LogP contribution is -2.13. The first kappa shape index (κ1) is 34.4. The van der Waals surface area contributed by atoms with Gasteiger partial charge in [0.1, 0.15) is 28.7 Å². The second-order valence-electron chi connectivity index (χ2n) is 17.4. The molecular formula is C48H49N4O+. The van der Waals surface area contributed by atoms with Crippen LogP contribution in [0.4, 0.5) is 0 Å². The minimum atomic E-state index is -0.0998. The molecule has 0 aliphatic carbocycles. The number of benzene rings is 5. The number of imidazole rings is 1. The van der Waals surface area contributed by atoms with Gasteiger partial charge in [-0.15, -0.1) is 0 Å². The van der Waals surface area contributed by atoms with Gasteiger partial charge in [-0.1, -0.05) is 105 Å². The highest BCUT2D eigenvalue weighted by Gasteiger charge is 2.24. The Kier molecular flexibility index (Phi) is 8.10. The van der Waals surface area contributed by atoms with Crippen molar-refractivity contribution in [3.05, 3.63) is 151 Å². The van der Waals surface area contributed by atoms with Gasteiger partial charge < -0.3 is 4.74 Å². The van der Waals surface area contributed by atoms with Crippen LogP contribution in [-0.4, -0.2) is 18.7 Å². The number of nitrogens with zero attached hydrogens (tertiary/aromatic N) is 4. The van der Waals surface area contributed by atoms with E-state index in [1.807, 2.05) is 6.20 Å². The summed E-state index contributed by atoms with van der Waals surface area (Å²) >= 11 is 0. The molecular weight excluding hydrogens is 649 g/mol. The van der Waals surface area contributed by atoms with Crippen LogP contribution >= 0.6 is 0 Å². The summed E-state index contributed by atoms with van der Waals surface area (Å²) in [5.41, 5.74) is 10.3. The number of hydrogen-bond donors (Lipinski definition) is 0. The van der Waals surface area contributed by atoms with Crippen LogP contribution in [0.1, 0.15) is 79.0 Å². The summed E-state index contributed by atoms with van der Waals surface area (Å²) in [6.07, 6.45) is 4.12. The summed E-state index contributed by atoms with van der Waals surface area (Å²) in [7, 11) is 0. The van der Waals surface area contributed by atoms with Gasteiger partial charge in [0.15, 0.2) is 17.4 Å². The standard InChI is InChI=1S/C48H49N4O/c1-46(2,3)32-19-21-39-40-22-20-37(30-44(40)52(43(39)27-32)45-28-33(23-24-49-45)47(4,5)6)53-38-26-34(48(7,8)9)25-36(29-38)51-31-50(35-15-11-10-12-16-35)41-17-13-14-18-42(41)51/h10-31H,1-9H3/q+1. The van der Waals surface area contributed by atoms with E-state index in [4.69, 9.17) is 9.72 Å². The van der Waals surface area contributed by atoms with Crippen LogP contribution in [0.15, 0.2) is 134 Å². The Balaban J connectivity index is 1.29.